The van der Waals surface area contributed by atoms with Gasteiger partial charge in [-0.3, -0.25) is 0 Å². The molecule has 0 aromatic carbocycles. The maximum absolute atomic E-state index is 6.21. The van der Waals surface area contributed by atoms with E-state index in [0.717, 1.165) is 5.92 Å². The minimum Gasteiger partial charge on any atom is -0.456 e. The second-order valence-electron chi connectivity index (χ2n) is 7.44. The monoisotopic (exact) mass is 302 g/mol. The van der Waals surface area contributed by atoms with Gasteiger partial charge in [0.1, 0.15) is 8.24 Å². The molecule has 0 amide bonds. The molecule has 1 rings (SSSR count). The molecule has 1 fully saturated rings. The van der Waals surface area contributed by atoms with Gasteiger partial charge in [0.25, 0.3) is 0 Å². The van der Waals surface area contributed by atoms with E-state index < -0.39 is 25.6 Å². The van der Waals surface area contributed by atoms with Crippen molar-refractivity contribution in [1.29, 1.82) is 0 Å². The Morgan fingerprint density at radius 1 is 1.33 bits per heavy atom. The van der Waals surface area contributed by atoms with Crippen LogP contribution in [0.15, 0.2) is 0 Å². The smallest absolute Gasteiger partial charge is 0.191 e. The first-order valence-corrected chi connectivity index (χ1v) is 16.0. The van der Waals surface area contributed by atoms with E-state index in [1.54, 1.807) is 0 Å². The van der Waals surface area contributed by atoms with Crippen molar-refractivity contribution in [3.8, 4) is 0 Å². The highest BCUT2D eigenvalue weighted by atomic mass is 28.4. The fraction of sp³-hybridized carbons (Fsp3) is 1.00. The van der Waals surface area contributed by atoms with Crippen LogP contribution in [-0.4, -0.2) is 43.2 Å². The molecule has 1 unspecified atom stereocenters. The van der Waals surface area contributed by atoms with Crippen LogP contribution in [0.2, 0.25) is 51.4 Å². The SMILES string of the molecule is CC1CN(CCC[Si](C)(C)O[Si](C)C)[Si](C)(C)C1. The summed E-state index contributed by atoms with van der Waals surface area (Å²) < 4.78 is 9.03. The van der Waals surface area contributed by atoms with Gasteiger partial charge in [-0.05, 0) is 63.7 Å². The lowest BCUT2D eigenvalue weighted by atomic mass is 10.2. The lowest BCUT2D eigenvalue weighted by molar-refractivity contribution is 0.413. The molecule has 0 spiro atoms. The first-order valence-electron chi connectivity index (χ1n) is 7.37. The van der Waals surface area contributed by atoms with Crippen molar-refractivity contribution in [2.45, 2.75) is 64.7 Å². The predicted molar refractivity (Wildman–Crippen MR) is 88.5 cm³/mol. The molecule has 5 heteroatoms. The summed E-state index contributed by atoms with van der Waals surface area (Å²) in [5.41, 5.74) is 0. The zero-order valence-electron chi connectivity index (χ0n) is 13.5. The van der Waals surface area contributed by atoms with Gasteiger partial charge in [-0.15, -0.1) is 0 Å². The standard InChI is InChI=1S/C13H32NOSi3/c1-13-11-14(17(4,5)12-13)9-8-10-18(6,7)15-16(2)3/h13H,8-12H2,1-7H3. The molecule has 0 aromatic heterocycles. The van der Waals surface area contributed by atoms with Crippen molar-refractivity contribution in [1.82, 2.24) is 4.57 Å². The lowest BCUT2D eigenvalue weighted by Crippen LogP contribution is -2.44. The predicted octanol–water partition coefficient (Wildman–Crippen LogP) is 4.01. The lowest BCUT2D eigenvalue weighted by Gasteiger charge is -2.31. The summed E-state index contributed by atoms with van der Waals surface area (Å²) in [5, 5.41) is 0. The van der Waals surface area contributed by atoms with Crippen LogP contribution in [0.4, 0.5) is 0 Å². The van der Waals surface area contributed by atoms with Crippen LogP contribution >= 0.6 is 0 Å². The Morgan fingerprint density at radius 3 is 2.39 bits per heavy atom. The molecule has 1 heterocycles. The zero-order chi connectivity index (χ0) is 14.0. The molecule has 0 bridgehead atoms. The van der Waals surface area contributed by atoms with Crippen molar-refractivity contribution < 1.29 is 4.12 Å². The minimum absolute atomic E-state index is 0.515. The Hall–Kier alpha value is 0.571. The first kappa shape index (κ1) is 16.6. The molecule has 18 heavy (non-hydrogen) atoms. The second kappa shape index (κ2) is 6.35. The quantitative estimate of drug-likeness (QED) is 0.688. The highest BCUT2D eigenvalue weighted by Crippen LogP contribution is 2.30. The maximum Gasteiger partial charge on any atom is 0.191 e. The van der Waals surface area contributed by atoms with E-state index in [4.69, 9.17) is 4.12 Å². The van der Waals surface area contributed by atoms with Gasteiger partial charge in [0.05, 0.1) is 0 Å². The summed E-state index contributed by atoms with van der Waals surface area (Å²) in [7, 11) is -2.93. The Balaban J connectivity index is 2.33. The molecule has 1 aliphatic heterocycles. The first-order chi connectivity index (χ1) is 8.12. The highest BCUT2D eigenvalue weighted by molar-refractivity contribution is 6.77. The van der Waals surface area contributed by atoms with Crippen LogP contribution in [0.25, 0.3) is 0 Å². The normalized spacial score (nSPS) is 25.0. The maximum atomic E-state index is 6.21. The van der Waals surface area contributed by atoms with Crippen molar-refractivity contribution in [2.75, 3.05) is 13.1 Å². The molecule has 1 atom stereocenters. The van der Waals surface area contributed by atoms with Crippen LogP contribution in [-0.2, 0) is 4.12 Å². The van der Waals surface area contributed by atoms with E-state index in [1.165, 1.54) is 31.6 Å². The summed E-state index contributed by atoms with van der Waals surface area (Å²) in [6, 6.07) is 2.82. The fourth-order valence-electron chi connectivity index (χ4n) is 3.36. The van der Waals surface area contributed by atoms with E-state index in [-0.39, 0.29) is 0 Å². The van der Waals surface area contributed by atoms with Crippen LogP contribution in [0.3, 0.4) is 0 Å². The molecular weight excluding hydrogens is 270 g/mol. The fourth-order valence-corrected chi connectivity index (χ4v) is 12.9. The average Bonchev–Trinajstić information content (AvgIpc) is 2.36. The van der Waals surface area contributed by atoms with Gasteiger partial charge in [0.15, 0.2) is 17.4 Å². The molecule has 107 valence electrons. The number of hydrogen-bond donors (Lipinski definition) is 0. The molecule has 0 aromatic rings. The van der Waals surface area contributed by atoms with Gasteiger partial charge in [0, 0.05) is 0 Å². The number of rotatable bonds is 6. The molecule has 0 saturated carbocycles. The van der Waals surface area contributed by atoms with E-state index in [1.807, 2.05) is 0 Å². The molecule has 2 nitrogen and oxygen atoms in total. The van der Waals surface area contributed by atoms with E-state index in [2.05, 4.69) is 50.8 Å². The van der Waals surface area contributed by atoms with Crippen molar-refractivity contribution >= 4 is 25.6 Å². The Kier molecular flexibility index (Phi) is 5.86. The highest BCUT2D eigenvalue weighted by Gasteiger charge is 2.38. The van der Waals surface area contributed by atoms with Crippen LogP contribution in [0.5, 0.6) is 0 Å². The van der Waals surface area contributed by atoms with E-state index >= 15 is 0 Å². The van der Waals surface area contributed by atoms with Crippen LogP contribution in [0.1, 0.15) is 13.3 Å². The summed E-state index contributed by atoms with van der Waals surface area (Å²) >= 11 is 0. The Bertz CT molecular complexity index is 269. The largest absolute Gasteiger partial charge is 0.456 e. The third-order valence-electron chi connectivity index (χ3n) is 3.92. The Labute approximate surface area is 118 Å². The van der Waals surface area contributed by atoms with Gasteiger partial charge < -0.3 is 8.68 Å². The molecule has 0 aliphatic carbocycles. The summed E-state index contributed by atoms with van der Waals surface area (Å²) in [5.74, 6) is 0.925. The third-order valence-corrected chi connectivity index (χ3v) is 13.1. The Morgan fingerprint density at radius 2 is 1.94 bits per heavy atom. The van der Waals surface area contributed by atoms with Crippen molar-refractivity contribution in [3.63, 3.8) is 0 Å². The van der Waals surface area contributed by atoms with Crippen molar-refractivity contribution in [2.24, 2.45) is 5.92 Å². The van der Waals surface area contributed by atoms with Gasteiger partial charge in [-0.25, -0.2) is 0 Å². The van der Waals surface area contributed by atoms with Gasteiger partial charge in [-0.1, -0.05) is 20.0 Å². The second-order valence-corrected chi connectivity index (χ2v) is 18.8. The van der Waals surface area contributed by atoms with Gasteiger partial charge >= 0.3 is 0 Å². The molecule has 1 radical (unpaired) electrons. The van der Waals surface area contributed by atoms with Crippen molar-refractivity contribution in [3.05, 3.63) is 0 Å². The number of nitrogens with zero attached hydrogens (tertiary/aromatic N) is 1. The summed E-state index contributed by atoms with van der Waals surface area (Å²) in [6.45, 7) is 19.5. The molecule has 0 N–H and O–H groups in total. The topological polar surface area (TPSA) is 12.5 Å². The third kappa shape index (κ3) is 5.29. The molecular formula is C13H32NOSi3. The summed E-state index contributed by atoms with van der Waals surface area (Å²) in [6.07, 6.45) is 1.34. The average molecular weight is 303 g/mol. The van der Waals surface area contributed by atoms with E-state index in [0.29, 0.717) is 0 Å². The minimum atomic E-state index is -1.37. The van der Waals surface area contributed by atoms with Gasteiger partial charge in [-0.2, -0.15) is 0 Å². The van der Waals surface area contributed by atoms with E-state index in [9.17, 15) is 0 Å². The van der Waals surface area contributed by atoms with Gasteiger partial charge in [0.2, 0.25) is 0 Å². The molecule has 1 saturated heterocycles. The zero-order valence-corrected chi connectivity index (χ0v) is 16.5. The summed E-state index contributed by atoms with van der Waals surface area (Å²) in [4.78, 5) is 0. The van der Waals surface area contributed by atoms with Crippen LogP contribution in [0, 0.1) is 5.92 Å². The van der Waals surface area contributed by atoms with Crippen LogP contribution < -0.4 is 0 Å². The number of hydrogen-bond acceptors (Lipinski definition) is 2. The molecule has 1 aliphatic rings.